The Labute approximate surface area is 159 Å². The molecule has 8 heteroatoms. The largest absolute Gasteiger partial charge is 0.338 e. The minimum absolute atomic E-state index is 0.0225. The topological polar surface area (TPSA) is 69.6 Å². The minimum atomic E-state index is -0.0225. The molecule has 0 saturated heterocycles. The van der Waals surface area contributed by atoms with Gasteiger partial charge in [0, 0.05) is 12.1 Å². The molecule has 26 heavy (non-hydrogen) atoms. The summed E-state index contributed by atoms with van der Waals surface area (Å²) >= 11 is 3.23. The number of nitrogens with zero attached hydrogens (tertiary/aromatic N) is 5. The molecular weight excluding hydrogens is 366 g/mol. The highest BCUT2D eigenvalue weighted by atomic mass is 32.2. The van der Waals surface area contributed by atoms with Crippen LogP contribution < -0.4 is 0 Å². The van der Waals surface area contributed by atoms with Gasteiger partial charge < -0.3 is 9.09 Å². The number of aromatic nitrogens is 5. The van der Waals surface area contributed by atoms with Gasteiger partial charge in [0.15, 0.2) is 11.0 Å². The molecule has 0 aliphatic carbocycles. The van der Waals surface area contributed by atoms with Crippen LogP contribution in [0.15, 0.2) is 57.5 Å². The Morgan fingerprint density at radius 1 is 1.15 bits per heavy atom. The molecule has 0 spiro atoms. The summed E-state index contributed by atoms with van der Waals surface area (Å²) in [5.41, 5.74) is 0.941. The number of hydrogen-bond donors (Lipinski definition) is 0. The summed E-state index contributed by atoms with van der Waals surface area (Å²) in [7, 11) is 0. The van der Waals surface area contributed by atoms with Crippen LogP contribution >= 0.6 is 23.1 Å². The first-order chi connectivity index (χ1) is 12.8. The molecule has 0 aliphatic heterocycles. The number of hydrogen-bond acceptors (Lipinski definition) is 7. The van der Waals surface area contributed by atoms with Gasteiger partial charge in [-0.3, -0.25) is 0 Å². The molecule has 132 valence electrons. The van der Waals surface area contributed by atoms with E-state index in [1.807, 2.05) is 48.7 Å². The first-order valence-corrected chi connectivity index (χ1v) is 10.0. The van der Waals surface area contributed by atoms with Crippen molar-refractivity contribution in [2.45, 2.75) is 30.8 Å². The normalized spacial score (nSPS) is 12.4. The molecule has 3 aromatic heterocycles. The van der Waals surface area contributed by atoms with Crippen molar-refractivity contribution in [3.05, 3.63) is 53.7 Å². The second kappa shape index (κ2) is 7.43. The van der Waals surface area contributed by atoms with E-state index >= 15 is 0 Å². The summed E-state index contributed by atoms with van der Waals surface area (Å²) in [5.74, 6) is 2.08. The second-order valence-corrected chi connectivity index (χ2v) is 7.87. The maximum absolute atomic E-state index is 5.47. The van der Waals surface area contributed by atoms with Crippen LogP contribution in [0.4, 0.5) is 0 Å². The van der Waals surface area contributed by atoms with Crippen molar-refractivity contribution in [2.24, 2.45) is 0 Å². The highest BCUT2D eigenvalue weighted by Crippen LogP contribution is 2.35. The lowest BCUT2D eigenvalue weighted by molar-refractivity contribution is 0.380. The fourth-order valence-corrected chi connectivity index (χ4v) is 4.22. The van der Waals surface area contributed by atoms with Gasteiger partial charge in [-0.1, -0.05) is 53.3 Å². The Morgan fingerprint density at radius 3 is 2.73 bits per heavy atom. The van der Waals surface area contributed by atoms with Crippen LogP contribution in [0.2, 0.25) is 0 Å². The standard InChI is InChI=1S/C18H17N5OS2/c1-3-23-16(14-10-7-11-25-14)20-21-18(23)26-12(2)17-19-15(22-24-17)13-8-5-4-6-9-13/h4-12H,3H2,1-2H3. The summed E-state index contributed by atoms with van der Waals surface area (Å²) in [4.78, 5) is 5.65. The molecule has 0 bridgehead atoms. The van der Waals surface area contributed by atoms with E-state index in [1.54, 1.807) is 23.1 Å². The van der Waals surface area contributed by atoms with Gasteiger partial charge in [-0.2, -0.15) is 4.98 Å². The second-order valence-electron chi connectivity index (χ2n) is 5.61. The molecule has 0 radical (unpaired) electrons. The Morgan fingerprint density at radius 2 is 2.00 bits per heavy atom. The van der Waals surface area contributed by atoms with Crippen molar-refractivity contribution in [3.8, 4) is 22.1 Å². The quantitative estimate of drug-likeness (QED) is 0.440. The average Bonchev–Trinajstić information content (AvgIpc) is 3.42. The van der Waals surface area contributed by atoms with Crippen molar-refractivity contribution in [1.82, 2.24) is 24.9 Å². The number of benzene rings is 1. The molecule has 4 aromatic rings. The maximum atomic E-state index is 5.47. The fraction of sp³-hybridized carbons (Fsp3) is 0.222. The third-order valence-electron chi connectivity index (χ3n) is 3.88. The molecule has 4 rings (SSSR count). The molecule has 0 aliphatic rings. The molecule has 0 saturated carbocycles. The minimum Gasteiger partial charge on any atom is -0.338 e. The van der Waals surface area contributed by atoms with Crippen molar-refractivity contribution in [3.63, 3.8) is 0 Å². The van der Waals surface area contributed by atoms with Crippen LogP contribution in [-0.2, 0) is 6.54 Å². The third-order valence-corrected chi connectivity index (χ3v) is 5.81. The van der Waals surface area contributed by atoms with E-state index in [0.717, 1.165) is 28.0 Å². The molecule has 1 aromatic carbocycles. The number of rotatable bonds is 6. The molecule has 1 unspecified atom stereocenters. The fourth-order valence-electron chi connectivity index (χ4n) is 2.56. The van der Waals surface area contributed by atoms with Crippen molar-refractivity contribution < 1.29 is 4.52 Å². The predicted molar refractivity (Wildman–Crippen MR) is 103 cm³/mol. The van der Waals surface area contributed by atoms with Crippen LogP contribution in [0.5, 0.6) is 0 Å². The van der Waals surface area contributed by atoms with Gasteiger partial charge in [0.2, 0.25) is 11.7 Å². The van der Waals surface area contributed by atoms with Gasteiger partial charge in [0.05, 0.1) is 10.1 Å². The summed E-state index contributed by atoms with van der Waals surface area (Å²) < 4.78 is 7.58. The van der Waals surface area contributed by atoms with E-state index in [2.05, 4.69) is 37.9 Å². The summed E-state index contributed by atoms with van der Waals surface area (Å²) in [6.07, 6.45) is 0. The monoisotopic (exact) mass is 383 g/mol. The van der Waals surface area contributed by atoms with Gasteiger partial charge in [0.25, 0.3) is 0 Å². The van der Waals surface area contributed by atoms with E-state index in [9.17, 15) is 0 Å². The van der Waals surface area contributed by atoms with Crippen LogP contribution in [0.1, 0.15) is 25.0 Å². The average molecular weight is 384 g/mol. The summed E-state index contributed by atoms with van der Waals surface area (Å²) in [5, 5.41) is 15.7. The Balaban J connectivity index is 1.56. The first kappa shape index (κ1) is 17.0. The molecule has 0 N–H and O–H groups in total. The van der Waals surface area contributed by atoms with Gasteiger partial charge in [-0.05, 0) is 25.3 Å². The maximum Gasteiger partial charge on any atom is 0.240 e. The van der Waals surface area contributed by atoms with Crippen molar-refractivity contribution in [2.75, 3.05) is 0 Å². The van der Waals surface area contributed by atoms with E-state index < -0.39 is 0 Å². The SMILES string of the molecule is CCn1c(SC(C)c2nc(-c3ccccc3)no2)nnc1-c1cccs1. The van der Waals surface area contributed by atoms with E-state index in [1.165, 1.54) is 0 Å². The zero-order valence-electron chi connectivity index (χ0n) is 14.4. The van der Waals surface area contributed by atoms with Gasteiger partial charge in [-0.25, -0.2) is 0 Å². The van der Waals surface area contributed by atoms with Gasteiger partial charge in [-0.15, -0.1) is 21.5 Å². The van der Waals surface area contributed by atoms with Crippen LogP contribution in [0, 0.1) is 0 Å². The number of thioether (sulfide) groups is 1. The molecule has 0 fully saturated rings. The Hall–Kier alpha value is -2.45. The number of thiophene rings is 1. The van der Waals surface area contributed by atoms with E-state index in [0.29, 0.717) is 11.7 Å². The highest BCUT2D eigenvalue weighted by molar-refractivity contribution is 7.99. The first-order valence-electron chi connectivity index (χ1n) is 8.29. The molecule has 1 atom stereocenters. The molecule has 3 heterocycles. The third kappa shape index (κ3) is 3.30. The lowest BCUT2D eigenvalue weighted by Crippen LogP contribution is -2.00. The van der Waals surface area contributed by atoms with Crippen LogP contribution in [-0.4, -0.2) is 24.9 Å². The zero-order valence-corrected chi connectivity index (χ0v) is 16.0. The molecule has 0 amide bonds. The lowest BCUT2D eigenvalue weighted by Gasteiger charge is -2.08. The van der Waals surface area contributed by atoms with E-state index in [-0.39, 0.29) is 5.25 Å². The Bertz CT molecular complexity index is 978. The lowest BCUT2D eigenvalue weighted by atomic mass is 10.2. The zero-order chi connectivity index (χ0) is 17.9. The van der Waals surface area contributed by atoms with Crippen molar-refractivity contribution in [1.29, 1.82) is 0 Å². The van der Waals surface area contributed by atoms with Gasteiger partial charge >= 0.3 is 0 Å². The molecular formula is C18H17N5OS2. The van der Waals surface area contributed by atoms with Crippen molar-refractivity contribution >= 4 is 23.1 Å². The Kier molecular flexibility index (Phi) is 4.85. The summed E-state index contributed by atoms with van der Waals surface area (Å²) in [6, 6.07) is 13.9. The summed E-state index contributed by atoms with van der Waals surface area (Å²) in [6.45, 7) is 4.93. The van der Waals surface area contributed by atoms with E-state index in [4.69, 9.17) is 4.52 Å². The molecule has 6 nitrogen and oxygen atoms in total. The highest BCUT2D eigenvalue weighted by Gasteiger charge is 2.21. The van der Waals surface area contributed by atoms with Crippen LogP contribution in [0.25, 0.3) is 22.1 Å². The van der Waals surface area contributed by atoms with Gasteiger partial charge in [0.1, 0.15) is 0 Å². The van der Waals surface area contributed by atoms with Crippen LogP contribution in [0.3, 0.4) is 0 Å². The smallest absolute Gasteiger partial charge is 0.240 e. The predicted octanol–water partition coefficient (Wildman–Crippen LogP) is 4.93.